The number of rotatable bonds is 3. The van der Waals surface area contributed by atoms with Crippen LogP contribution in [-0.4, -0.2) is 14.5 Å². The third kappa shape index (κ3) is 1.93. The fraction of sp³-hybridized carbons (Fsp3) is 0.333. The highest BCUT2D eigenvalue weighted by Gasteiger charge is 2.00. The largest absolute Gasteiger partial charge is 0.337 e. The fourth-order valence-corrected chi connectivity index (χ4v) is 2.25. The maximum absolute atomic E-state index is 5.16. The van der Waals surface area contributed by atoms with Crippen LogP contribution in [0.15, 0.2) is 17.8 Å². The molecule has 0 spiro atoms. The molecule has 0 aliphatic rings. The van der Waals surface area contributed by atoms with Gasteiger partial charge in [0.15, 0.2) is 4.77 Å². The summed E-state index contributed by atoms with van der Waals surface area (Å²) in [5.74, 6) is 0. The summed E-state index contributed by atoms with van der Waals surface area (Å²) in [4.78, 5) is 7.26. The minimum absolute atomic E-state index is 0.791. The number of thiazole rings is 1. The van der Waals surface area contributed by atoms with E-state index in [0.717, 1.165) is 22.7 Å². The molecule has 0 aromatic carbocycles. The average molecular weight is 225 g/mol. The van der Waals surface area contributed by atoms with Crippen LogP contribution in [0.25, 0.3) is 0 Å². The highest BCUT2D eigenvalue weighted by Crippen LogP contribution is 2.07. The maximum atomic E-state index is 5.16. The standard InChI is InChI=1S/C9H11N3S2/c1-7-6-11-9(13)12(7)4-2-8-10-3-5-14-8/h3,5-6H,2,4H2,1H3,(H,11,13). The molecule has 5 heteroatoms. The summed E-state index contributed by atoms with van der Waals surface area (Å²) < 4.78 is 2.88. The van der Waals surface area contributed by atoms with Crippen LogP contribution in [-0.2, 0) is 13.0 Å². The lowest BCUT2D eigenvalue weighted by atomic mass is 10.4. The van der Waals surface area contributed by atoms with Crippen molar-refractivity contribution in [3.8, 4) is 0 Å². The molecule has 0 atom stereocenters. The van der Waals surface area contributed by atoms with E-state index in [4.69, 9.17) is 12.2 Å². The summed E-state index contributed by atoms with van der Waals surface area (Å²) in [7, 11) is 0. The normalized spacial score (nSPS) is 10.6. The third-order valence-electron chi connectivity index (χ3n) is 2.11. The van der Waals surface area contributed by atoms with Gasteiger partial charge in [0.1, 0.15) is 0 Å². The van der Waals surface area contributed by atoms with Crippen LogP contribution in [0.1, 0.15) is 10.7 Å². The second kappa shape index (κ2) is 4.06. The first-order chi connectivity index (χ1) is 6.77. The van der Waals surface area contributed by atoms with Gasteiger partial charge in [-0.15, -0.1) is 11.3 Å². The summed E-state index contributed by atoms with van der Waals surface area (Å²) in [5, 5.41) is 3.16. The van der Waals surface area contributed by atoms with Crippen molar-refractivity contribution in [3.05, 3.63) is 33.2 Å². The molecule has 1 N–H and O–H groups in total. The number of nitrogens with one attached hydrogen (secondary N) is 1. The summed E-state index contributed by atoms with van der Waals surface area (Å²) >= 11 is 6.85. The molecule has 3 nitrogen and oxygen atoms in total. The lowest BCUT2D eigenvalue weighted by Crippen LogP contribution is -2.02. The van der Waals surface area contributed by atoms with Gasteiger partial charge < -0.3 is 9.55 Å². The highest BCUT2D eigenvalue weighted by atomic mass is 32.1. The second-order valence-electron chi connectivity index (χ2n) is 3.06. The number of imidazole rings is 1. The van der Waals surface area contributed by atoms with Crippen LogP contribution in [0.5, 0.6) is 0 Å². The molecule has 0 unspecified atom stereocenters. The Balaban J connectivity index is 2.09. The monoisotopic (exact) mass is 225 g/mol. The van der Waals surface area contributed by atoms with Crippen LogP contribution < -0.4 is 0 Å². The van der Waals surface area contributed by atoms with Gasteiger partial charge in [-0.25, -0.2) is 4.98 Å². The van der Waals surface area contributed by atoms with Crippen molar-refractivity contribution in [2.75, 3.05) is 0 Å². The molecule has 2 rings (SSSR count). The average Bonchev–Trinajstić information content (AvgIpc) is 2.76. The highest BCUT2D eigenvalue weighted by molar-refractivity contribution is 7.71. The van der Waals surface area contributed by atoms with E-state index in [1.165, 1.54) is 5.69 Å². The van der Waals surface area contributed by atoms with Crippen molar-refractivity contribution in [1.29, 1.82) is 0 Å². The van der Waals surface area contributed by atoms with E-state index in [9.17, 15) is 0 Å². The van der Waals surface area contributed by atoms with Gasteiger partial charge in [-0.05, 0) is 19.1 Å². The predicted octanol–water partition coefficient (Wildman–Crippen LogP) is 2.55. The van der Waals surface area contributed by atoms with Crippen LogP contribution in [0.4, 0.5) is 0 Å². The fourth-order valence-electron chi connectivity index (χ4n) is 1.34. The SMILES string of the molecule is Cc1c[nH]c(=S)n1CCc1nccs1. The van der Waals surface area contributed by atoms with Crippen molar-refractivity contribution in [3.63, 3.8) is 0 Å². The van der Waals surface area contributed by atoms with Crippen molar-refractivity contribution in [2.24, 2.45) is 0 Å². The van der Waals surface area contributed by atoms with Crippen LogP contribution in [0.3, 0.4) is 0 Å². The minimum atomic E-state index is 0.791. The van der Waals surface area contributed by atoms with Gasteiger partial charge in [0, 0.05) is 36.4 Å². The summed E-state index contributed by atoms with van der Waals surface area (Å²) in [5.41, 5.74) is 1.17. The number of hydrogen-bond acceptors (Lipinski definition) is 3. The zero-order chi connectivity index (χ0) is 9.97. The first-order valence-electron chi connectivity index (χ1n) is 4.40. The molecule has 0 aliphatic carbocycles. The molecule has 0 fully saturated rings. The molecule has 14 heavy (non-hydrogen) atoms. The second-order valence-corrected chi connectivity index (χ2v) is 4.43. The van der Waals surface area contributed by atoms with Gasteiger partial charge in [-0.2, -0.15) is 0 Å². The van der Waals surface area contributed by atoms with E-state index in [0.29, 0.717) is 0 Å². The Labute approximate surface area is 91.4 Å². The van der Waals surface area contributed by atoms with Gasteiger partial charge in [0.2, 0.25) is 0 Å². The van der Waals surface area contributed by atoms with Crippen LogP contribution in [0.2, 0.25) is 0 Å². The van der Waals surface area contributed by atoms with Gasteiger partial charge in [-0.3, -0.25) is 0 Å². The smallest absolute Gasteiger partial charge is 0.177 e. The topological polar surface area (TPSA) is 33.6 Å². The number of aromatic nitrogens is 3. The number of aromatic amines is 1. The number of H-pyrrole nitrogens is 1. The van der Waals surface area contributed by atoms with Crippen molar-refractivity contribution >= 4 is 23.6 Å². The summed E-state index contributed by atoms with van der Waals surface area (Å²) in [6.45, 7) is 2.95. The zero-order valence-corrected chi connectivity index (χ0v) is 9.49. The summed E-state index contributed by atoms with van der Waals surface area (Å²) in [6, 6.07) is 0. The number of nitrogens with zero attached hydrogens (tertiary/aromatic N) is 2. The van der Waals surface area contributed by atoms with Crippen molar-refractivity contribution in [1.82, 2.24) is 14.5 Å². The zero-order valence-electron chi connectivity index (χ0n) is 7.86. The van der Waals surface area contributed by atoms with Gasteiger partial charge in [-0.1, -0.05) is 0 Å². The predicted molar refractivity (Wildman–Crippen MR) is 60.2 cm³/mol. The van der Waals surface area contributed by atoms with E-state index >= 15 is 0 Å². The Morgan fingerprint density at radius 2 is 2.50 bits per heavy atom. The Kier molecular flexibility index (Phi) is 2.79. The van der Waals surface area contributed by atoms with E-state index in [-0.39, 0.29) is 0 Å². The lowest BCUT2D eigenvalue weighted by Gasteiger charge is -2.02. The summed E-state index contributed by atoms with van der Waals surface area (Å²) in [6.07, 6.45) is 4.72. The Morgan fingerprint density at radius 3 is 3.07 bits per heavy atom. The van der Waals surface area contributed by atoms with Crippen molar-refractivity contribution in [2.45, 2.75) is 19.9 Å². The molecule has 74 valence electrons. The minimum Gasteiger partial charge on any atom is -0.337 e. The molecule has 0 aliphatic heterocycles. The molecule has 2 aromatic rings. The molecule has 0 saturated heterocycles. The van der Waals surface area contributed by atoms with E-state index in [1.54, 1.807) is 11.3 Å². The van der Waals surface area contributed by atoms with E-state index < -0.39 is 0 Å². The molecular weight excluding hydrogens is 214 g/mol. The molecular formula is C9H11N3S2. The van der Waals surface area contributed by atoms with Crippen molar-refractivity contribution < 1.29 is 0 Å². The van der Waals surface area contributed by atoms with Gasteiger partial charge >= 0.3 is 0 Å². The van der Waals surface area contributed by atoms with E-state index in [1.807, 2.05) is 24.7 Å². The molecule has 2 heterocycles. The van der Waals surface area contributed by atoms with Gasteiger partial charge in [0.25, 0.3) is 0 Å². The number of aryl methyl sites for hydroxylation is 2. The third-order valence-corrected chi connectivity index (χ3v) is 3.29. The number of hydrogen-bond donors (Lipinski definition) is 1. The maximum Gasteiger partial charge on any atom is 0.177 e. The molecule has 0 radical (unpaired) electrons. The lowest BCUT2D eigenvalue weighted by molar-refractivity contribution is 0.667. The molecule has 0 bridgehead atoms. The van der Waals surface area contributed by atoms with Gasteiger partial charge in [0.05, 0.1) is 5.01 Å². The molecule has 0 saturated carbocycles. The Hall–Kier alpha value is -0.940. The first-order valence-corrected chi connectivity index (χ1v) is 5.69. The van der Waals surface area contributed by atoms with Crippen LogP contribution >= 0.6 is 23.6 Å². The Bertz CT molecular complexity index is 453. The first kappa shape index (κ1) is 9.61. The quantitative estimate of drug-likeness (QED) is 0.814. The molecule has 0 amide bonds. The van der Waals surface area contributed by atoms with Crippen LogP contribution in [0, 0.1) is 11.7 Å². The molecule has 2 aromatic heterocycles. The van der Waals surface area contributed by atoms with E-state index in [2.05, 4.69) is 14.5 Å². The Morgan fingerprint density at radius 1 is 1.64 bits per heavy atom.